The Morgan fingerprint density at radius 1 is 1.37 bits per heavy atom. The number of ether oxygens (including phenoxy) is 1. The number of para-hydroxylation sites is 1. The van der Waals surface area contributed by atoms with Gasteiger partial charge in [0.15, 0.2) is 5.82 Å². The summed E-state index contributed by atoms with van der Waals surface area (Å²) < 4.78 is 5.06. The number of carbonyl (C=O) groups is 1. The van der Waals surface area contributed by atoms with Gasteiger partial charge in [-0.3, -0.25) is 4.79 Å². The van der Waals surface area contributed by atoms with E-state index in [2.05, 4.69) is 10.3 Å². The maximum Gasteiger partial charge on any atom is 0.259 e. The van der Waals surface area contributed by atoms with Crippen LogP contribution in [0.15, 0.2) is 36.5 Å². The first kappa shape index (κ1) is 13.2. The number of nitrogens with two attached hydrogens (primary N) is 1. The molecule has 1 aromatic carbocycles. The highest BCUT2D eigenvalue weighted by Crippen LogP contribution is 2.26. The van der Waals surface area contributed by atoms with Gasteiger partial charge in [0, 0.05) is 6.20 Å². The standard InChI is InChI=1S/C13H12ClN3O2/c1-19-10-6-2-4-8(11(10)15)13(18)17-12-9(14)5-3-7-16-12/h2-7H,15H2,1H3,(H,16,17,18). The molecule has 19 heavy (non-hydrogen) atoms. The summed E-state index contributed by atoms with van der Waals surface area (Å²) in [5, 5.41) is 2.96. The van der Waals surface area contributed by atoms with Crippen LogP contribution in [0.5, 0.6) is 5.75 Å². The molecule has 1 amide bonds. The Balaban J connectivity index is 2.28. The molecule has 0 bridgehead atoms. The average Bonchev–Trinajstić information content (AvgIpc) is 2.41. The van der Waals surface area contributed by atoms with E-state index >= 15 is 0 Å². The van der Waals surface area contributed by atoms with Gasteiger partial charge in [0.05, 0.1) is 23.4 Å². The Labute approximate surface area is 115 Å². The minimum Gasteiger partial charge on any atom is -0.495 e. The predicted molar refractivity (Wildman–Crippen MR) is 74.6 cm³/mol. The van der Waals surface area contributed by atoms with Crippen molar-refractivity contribution < 1.29 is 9.53 Å². The second-order valence-corrected chi connectivity index (χ2v) is 4.12. The molecule has 1 heterocycles. The van der Waals surface area contributed by atoms with Crippen LogP contribution in [0.2, 0.25) is 5.02 Å². The number of nitrogens with zero attached hydrogens (tertiary/aromatic N) is 1. The number of methoxy groups -OCH3 is 1. The zero-order chi connectivity index (χ0) is 13.8. The molecule has 1 aromatic heterocycles. The second kappa shape index (κ2) is 5.58. The molecule has 0 aliphatic carbocycles. The van der Waals surface area contributed by atoms with Gasteiger partial charge in [-0.15, -0.1) is 0 Å². The normalized spacial score (nSPS) is 10.0. The van der Waals surface area contributed by atoms with Crippen molar-refractivity contribution in [3.8, 4) is 5.75 Å². The summed E-state index contributed by atoms with van der Waals surface area (Å²) in [5.74, 6) is 0.341. The van der Waals surface area contributed by atoms with Crippen LogP contribution >= 0.6 is 11.6 Å². The van der Waals surface area contributed by atoms with Crippen molar-refractivity contribution in [1.29, 1.82) is 0 Å². The fourth-order valence-electron chi connectivity index (χ4n) is 1.57. The minimum atomic E-state index is -0.392. The minimum absolute atomic E-state index is 0.273. The van der Waals surface area contributed by atoms with E-state index in [4.69, 9.17) is 22.1 Å². The first-order valence-corrected chi connectivity index (χ1v) is 5.85. The third-order valence-electron chi connectivity index (χ3n) is 2.52. The van der Waals surface area contributed by atoms with Crippen LogP contribution < -0.4 is 15.8 Å². The summed E-state index contributed by atoms with van der Waals surface area (Å²) in [6, 6.07) is 8.28. The molecule has 0 unspecified atom stereocenters. The molecular weight excluding hydrogens is 266 g/mol. The number of rotatable bonds is 3. The summed E-state index contributed by atoms with van der Waals surface area (Å²) in [6.45, 7) is 0. The van der Waals surface area contributed by atoms with E-state index in [9.17, 15) is 4.79 Å². The van der Waals surface area contributed by atoms with Gasteiger partial charge >= 0.3 is 0 Å². The molecule has 0 saturated carbocycles. The van der Waals surface area contributed by atoms with E-state index in [1.54, 1.807) is 30.3 Å². The monoisotopic (exact) mass is 277 g/mol. The third-order valence-corrected chi connectivity index (χ3v) is 2.83. The number of halogens is 1. The predicted octanol–water partition coefficient (Wildman–Crippen LogP) is 2.58. The smallest absolute Gasteiger partial charge is 0.259 e. The van der Waals surface area contributed by atoms with E-state index in [-0.39, 0.29) is 11.5 Å². The van der Waals surface area contributed by atoms with Crippen LogP contribution in [0.3, 0.4) is 0 Å². The van der Waals surface area contributed by atoms with Gasteiger partial charge in [-0.25, -0.2) is 4.98 Å². The van der Waals surface area contributed by atoms with Crippen LogP contribution in [-0.2, 0) is 0 Å². The zero-order valence-electron chi connectivity index (χ0n) is 10.2. The molecule has 98 valence electrons. The molecule has 0 aliphatic rings. The molecule has 0 atom stereocenters. The summed E-state index contributed by atoms with van der Waals surface area (Å²) in [4.78, 5) is 16.1. The fourth-order valence-corrected chi connectivity index (χ4v) is 1.74. The van der Waals surface area contributed by atoms with Crippen LogP contribution in [0.4, 0.5) is 11.5 Å². The second-order valence-electron chi connectivity index (χ2n) is 3.71. The molecule has 5 nitrogen and oxygen atoms in total. The topological polar surface area (TPSA) is 77.2 Å². The largest absolute Gasteiger partial charge is 0.495 e. The van der Waals surface area contributed by atoms with E-state index in [1.165, 1.54) is 13.3 Å². The average molecular weight is 278 g/mol. The van der Waals surface area contributed by atoms with Crippen LogP contribution in [0, 0.1) is 0 Å². The van der Waals surface area contributed by atoms with Crippen molar-refractivity contribution in [2.45, 2.75) is 0 Å². The van der Waals surface area contributed by atoms with E-state index in [0.29, 0.717) is 16.3 Å². The molecule has 0 saturated heterocycles. The van der Waals surface area contributed by atoms with E-state index < -0.39 is 5.91 Å². The van der Waals surface area contributed by atoms with Gasteiger partial charge in [-0.1, -0.05) is 17.7 Å². The van der Waals surface area contributed by atoms with Crippen molar-refractivity contribution in [3.63, 3.8) is 0 Å². The highest BCUT2D eigenvalue weighted by molar-refractivity contribution is 6.33. The van der Waals surface area contributed by atoms with Crippen molar-refractivity contribution in [2.24, 2.45) is 0 Å². The first-order chi connectivity index (χ1) is 9.13. The lowest BCUT2D eigenvalue weighted by molar-refractivity contribution is 0.102. The quantitative estimate of drug-likeness (QED) is 0.846. The Kier molecular flexibility index (Phi) is 3.87. The lowest BCUT2D eigenvalue weighted by Crippen LogP contribution is -2.15. The molecule has 0 aliphatic heterocycles. The van der Waals surface area contributed by atoms with Crippen molar-refractivity contribution in [2.75, 3.05) is 18.2 Å². The van der Waals surface area contributed by atoms with E-state index in [0.717, 1.165) is 0 Å². The number of hydrogen-bond acceptors (Lipinski definition) is 4. The number of pyridine rings is 1. The zero-order valence-corrected chi connectivity index (χ0v) is 10.9. The van der Waals surface area contributed by atoms with Gasteiger partial charge < -0.3 is 15.8 Å². The highest BCUT2D eigenvalue weighted by Gasteiger charge is 2.14. The lowest BCUT2D eigenvalue weighted by atomic mass is 10.1. The number of carbonyl (C=O) groups excluding carboxylic acids is 1. The van der Waals surface area contributed by atoms with Gasteiger partial charge in [-0.2, -0.15) is 0 Å². The maximum atomic E-state index is 12.1. The van der Waals surface area contributed by atoms with Gasteiger partial charge in [0.2, 0.25) is 0 Å². The fraction of sp³-hybridized carbons (Fsp3) is 0.0769. The summed E-state index contributed by atoms with van der Waals surface area (Å²) >= 11 is 5.92. The van der Waals surface area contributed by atoms with Crippen LogP contribution in [0.25, 0.3) is 0 Å². The molecule has 2 rings (SSSR count). The number of benzene rings is 1. The number of aromatic nitrogens is 1. The molecular formula is C13H12ClN3O2. The maximum absolute atomic E-state index is 12.1. The Morgan fingerprint density at radius 3 is 2.84 bits per heavy atom. The number of nitrogen functional groups attached to an aromatic ring is 1. The number of hydrogen-bond donors (Lipinski definition) is 2. The Bertz CT molecular complexity index is 617. The lowest BCUT2D eigenvalue weighted by Gasteiger charge is -2.10. The molecule has 0 spiro atoms. The van der Waals surface area contributed by atoms with Crippen molar-refractivity contribution in [3.05, 3.63) is 47.1 Å². The molecule has 0 radical (unpaired) electrons. The number of anilines is 2. The van der Waals surface area contributed by atoms with Crippen molar-refractivity contribution >= 4 is 29.0 Å². The third kappa shape index (κ3) is 2.77. The summed E-state index contributed by atoms with van der Waals surface area (Å²) in [7, 11) is 1.49. The van der Waals surface area contributed by atoms with Crippen LogP contribution in [-0.4, -0.2) is 18.0 Å². The number of amides is 1. The van der Waals surface area contributed by atoms with Crippen molar-refractivity contribution in [1.82, 2.24) is 4.98 Å². The molecule has 0 fully saturated rings. The van der Waals surface area contributed by atoms with Gasteiger partial charge in [-0.05, 0) is 24.3 Å². The summed E-state index contributed by atoms with van der Waals surface area (Å²) in [5.41, 5.74) is 6.43. The van der Waals surface area contributed by atoms with E-state index in [1.807, 2.05) is 0 Å². The summed E-state index contributed by atoms with van der Waals surface area (Å²) in [6.07, 6.45) is 1.54. The van der Waals surface area contributed by atoms with Crippen LogP contribution in [0.1, 0.15) is 10.4 Å². The SMILES string of the molecule is COc1cccc(C(=O)Nc2ncccc2Cl)c1N. The Morgan fingerprint density at radius 2 is 2.16 bits per heavy atom. The molecule has 2 aromatic rings. The first-order valence-electron chi connectivity index (χ1n) is 5.48. The molecule has 6 heteroatoms. The van der Waals surface area contributed by atoms with Gasteiger partial charge in [0.1, 0.15) is 5.75 Å². The highest BCUT2D eigenvalue weighted by atomic mass is 35.5. The Hall–Kier alpha value is -2.27. The number of nitrogens with one attached hydrogen (secondary N) is 1. The van der Waals surface area contributed by atoms with Gasteiger partial charge in [0.25, 0.3) is 5.91 Å². The molecule has 3 N–H and O–H groups in total.